The van der Waals surface area contributed by atoms with Crippen LogP contribution >= 0.6 is 0 Å². The van der Waals surface area contributed by atoms with Gasteiger partial charge in [-0.1, -0.05) is 0 Å². The summed E-state index contributed by atoms with van der Waals surface area (Å²) in [6.07, 6.45) is 1.38. The SMILES string of the molecule is C[NH+]1CCN(C(=O)[C@@H]2CCCN(S(=O)(=O)c3ccc(F)cc3)C2)CC1. The second kappa shape index (κ2) is 7.39. The molecule has 0 spiro atoms. The van der Waals surface area contributed by atoms with Crippen LogP contribution in [-0.4, -0.2) is 69.8 Å². The second-order valence-electron chi connectivity index (χ2n) is 6.94. The van der Waals surface area contributed by atoms with Crippen LogP contribution in [0.5, 0.6) is 0 Å². The second-order valence-corrected chi connectivity index (χ2v) is 8.88. The summed E-state index contributed by atoms with van der Waals surface area (Å²) in [4.78, 5) is 16.1. The molecule has 0 saturated carbocycles. The first-order valence-electron chi connectivity index (χ1n) is 8.74. The number of amides is 1. The number of benzene rings is 1. The van der Waals surface area contributed by atoms with Crippen LogP contribution in [-0.2, 0) is 14.8 Å². The van der Waals surface area contributed by atoms with E-state index in [4.69, 9.17) is 0 Å². The molecule has 8 heteroatoms. The summed E-state index contributed by atoms with van der Waals surface area (Å²) in [6, 6.07) is 4.84. The summed E-state index contributed by atoms with van der Waals surface area (Å²) in [5.41, 5.74) is 0. The minimum atomic E-state index is -3.69. The number of sulfonamides is 1. The lowest BCUT2D eigenvalue weighted by atomic mass is 9.98. The smallest absolute Gasteiger partial charge is 0.243 e. The molecule has 2 aliphatic heterocycles. The van der Waals surface area contributed by atoms with E-state index in [1.165, 1.54) is 21.3 Å². The van der Waals surface area contributed by atoms with Gasteiger partial charge >= 0.3 is 0 Å². The number of piperazine rings is 1. The molecule has 1 aromatic carbocycles. The van der Waals surface area contributed by atoms with Crippen LogP contribution in [0.1, 0.15) is 12.8 Å². The van der Waals surface area contributed by atoms with Crippen LogP contribution in [0.3, 0.4) is 0 Å². The molecule has 2 aliphatic rings. The van der Waals surface area contributed by atoms with Gasteiger partial charge in [0.25, 0.3) is 0 Å². The van der Waals surface area contributed by atoms with Crippen molar-refractivity contribution in [2.24, 2.45) is 5.92 Å². The highest BCUT2D eigenvalue weighted by atomic mass is 32.2. The molecule has 2 heterocycles. The number of nitrogens with zero attached hydrogens (tertiary/aromatic N) is 2. The van der Waals surface area contributed by atoms with Crippen molar-refractivity contribution in [3.8, 4) is 0 Å². The molecular weight excluding hydrogens is 345 g/mol. The van der Waals surface area contributed by atoms with Crippen molar-refractivity contribution >= 4 is 15.9 Å². The van der Waals surface area contributed by atoms with Crippen molar-refractivity contribution in [3.05, 3.63) is 30.1 Å². The fraction of sp³-hybridized carbons (Fsp3) is 0.588. The molecule has 0 radical (unpaired) electrons. The van der Waals surface area contributed by atoms with E-state index < -0.39 is 15.8 Å². The highest BCUT2D eigenvalue weighted by Gasteiger charge is 2.36. The number of hydrogen-bond acceptors (Lipinski definition) is 3. The fourth-order valence-corrected chi connectivity index (χ4v) is 5.01. The Balaban J connectivity index is 1.70. The van der Waals surface area contributed by atoms with Crippen LogP contribution in [0.2, 0.25) is 0 Å². The van der Waals surface area contributed by atoms with Crippen molar-refractivity contribution in [2.45, 2.75) is 17.7 Å². The molecule has 1 aromatic rings. The van der Waals surface area contributed by atoms with E-state index in [-0.39, 0.29) is 23.3 Å². The summed E-state index contributed by atoms with van der Waals surface area (Å²) in [7, 11) is -1.58. The van der Waals surface area contributed by atoms with Gasteiger partial charge < -0.3 is 9.80 Å². The average Bonchev–Trinajstić information content (AvgIpc) is 2.62. The number of hydrogen-bond donors (Lipinski definition) is 1. The maximum absolute atomic E-state index is 13.1. The number of halogens is 1. The van der Waals surface area contributed by atoms with Crippen molar-refractivity contribution in [3.63, 3.8) is 0 Å². The van der Waals surface area contributed by atoms with Gasteiger partial charge in [-0.2, -0.15) is 4.31 Å². The van der Waals surface area contributed by atoms with Gasteiger partial charge in [0.15, 0.2) is 0 Å². The van der Waals surface area contributed by atoms with Gasteiger partial charge in [-0.25, -0.2) is 12.8 Å². The minimum Gasteiger partial charge on any atom is -0.334 e. The third-order valence-corrected chi connectivity index (χ3v) is 6.99. The van der Waals surface area contributed by atoms with Crippen molar-refractivity contribution in [2.75, 3.05) is 46.3 Å². The van der Waals surface area contributed by atoms with Gasteiger partial charge in [-0.3, -0.25) is 4.79 Å². The molecule has 0 unspecified atom stereocenters. The first-order valence-corrected chi connectivity index (χ1v) is 10.2. The summed E-state index contributed by atoms with van der Waals surface area (Å²) in [5.74, 6) is -0.697. The van der Waals surface area contributed by atoms with Gasteiger partial charge in [0.2, 0.25) is 15.9 Å². The molecule has 3 rings (SSSR count). The third-order valence-electron chi connectivity index (χ3n) is 5.11. The van der Waals surface area contributed by atoms with Gasteiger partial charge in [-0.05, 0) is 37.1 Å². The Morgan fingerprint density at radius 1 is 1.16 bits per heavy atom. The Morgan fingerprint density at radius 3 is 2.44 bits per heavy atom. The molecule has 6 nitrogen and oxygen atoms in total. The van der Waals surface area contributed by atoms with E-state index in [2.05, 4.69) is 7.05 Å². The number of piperidine rings is 1. The van der Waals surface area contributed by atoms with Crippen LogP contribution in [0.15, 0.2) is 29.2 Å². The summed E-state index contributed by atoms with van der Waals surface area (Å²) in [5, 5.41) is 0. The summed E-state index contributed by atoms with van der Waals surface area (Å²) < 4.78 is 39.9. The zero-order valence-corrected chi connectivity index (χ0v) is 15.3. The predicted octanol–water partition coefficient (Wildman–Crippen LogP) is -0.417. The predicted molar refractivity (Wildman–Crippen MR) is 91.1 cm³/mol. The Labute approximate surface area is 148 Å². The van der Waals surface area contributed by atoms with Crippen LogP contribution in [0.4, 0.5) is 4.39 Å². The largest absolute Gasteiger partial charge is 0.334 e. The Kier molecular flexibility index (Phi) is 5.41. The number of likely N-dealkylation sites (N-methyl/N-ethyl adjacent to an activating group) is 1. The topological polar surface area (TPSA) is 62.1 Å². The lowest BCUT2D eigenvalue weighted by molar-refractivity contribution is -0.883. The maximum Gasteiger partial charge on any atom is 0.243 e. The normalized spacial score (nSPS) is 23.6. The van der Waals surface area contributed by atoms with Gasteiger partial charge in [0.05, 0.1) is 44.0 Å². The molecule has 2 saturated heterocycles. The molecule has 2 fully saturated rings. The molecule has 138 valence electrons. The molecule has 25 heavy (non-hydrogen) atoms. The Bertz CT molecular complexity index is 715. The summed E-state index contributed by atoms with van der Waals surface area (Å²) >= 11 is 0. The Morgan fingerprint density at radius 2 is 1.80 bits per heavy atom. The van der Waals surface area contributed by atoms with Crippen molar-refractivity contribution in [1.82, 2.24) is 9.21 Å². The molecular formula is C17H25FN3O3S+. The average molecular weight is 370 g/mol. The molecule has 1 amide bonds. The van der Waals surface area contributed by atoms with E-state index in [0.29, 0.717) is 19.4 Å². The zero-order valence-electron chi connectivity index (χ0n) is 14.4. The van der Waals surface area contributed by atoms with E-state index >= 15 is 0 Å². The van der Waals surface area contributed by atoms with Crippen LogP contribution < -0.4 is 4.90 Å². The highest BCUT2D eigenvalue weighted by Crippen LogP contribution is 2.25. The summed E-state index contributed by atoms with van der Waals surface area (Å²) in [6.45, 7) is 3.91. The Hall–Kier alpha value is -1.51. The van der Waals surface area contributed by atoms with E-state index in [0.717, 1.165) is 38.3 Å². The van der Waals surface area contributed by atoms with Crippen LogP contribution in [0.25, 0.3) is 0 Å². The lowest BCUT2D eigenvalue weighted by Gasteiger charge is -2.36. The van der Waals surface area contributed by atoms with Crippen molar-refractivity contribution in [1.29, 1.82) is 0 Å². The quantitative estimate of drug-likeness (QED) is 0.786. The van der Waals surface area contributed by atoms with E-state index in [1.807, 2.05) is 4.90 Å². The molecule has 0 aromatic heterocycles. The van der Waals surface area contributed by atoms with Gasteiger partial charge in [0.1, 0.15) is 5.82 Å². The number of nitrogens with one attached hydrogen (secondary N) is 1. The molecule has 0 bridgehead atoms. The van der Waals surface area contributed by atoms with E-state index in [9.17, 15) is 17.6 Å². The number of carbonyl (C=O) groups excluding carboxylic acids is 1. The highest BCUT2D eigenvalue weighted by molar-refractivity contribution is 7.89. The number of carbonyl (C=O) groups is 1. The molecule has 1 N–H and O–H groups in total. The number of quaternary nitrogens is 1. The minimum absolute atomic E-state index is 0.0616. The fourth-order valence-electron chi connectivity index (χ4n) is 3.48. The van der Waals surface area contributed by atoms with Crippen molar-refractivity contribution < 1.29 is 22.5 Å². The van der Waals surface area contributed by atoms with Crippen LogP contribution in [0, 0.1) is 11.7 Å². The zero-order chi connectivity index (χ0) is 18.0. The maximum atomic E-state index is 13.1. The number of rotatable bonds is 3. The third kappa shape index (κ3) is 4.02. The lowest BCUT2D eigenvalue weighted by Crippen LogP contribution is -3.12. The van der Waals surface area contributed by atoms with E-state index in [1.54, 1.807) is 0 Å². The molecule has 1 atom stereocenters. The first kappa shape index (κ1) is 18.3. The standard InChI is InChI=1S/C17H24FN3O3S/c1-19-9-11-20(12-10-19)17(22)14-3-2-8-21(13-14)25(23,24)16-6-4-15(18)5-7-16/h4-7,14H,2-3,8-13H2,1H3/p+1/t14-/m1/s1. The first-order chi connectivity index (χ1) is 11.9. The van der Waals surface area contributed by atoms with Gasteiger partial charge in [-0.15, -0.1) is 0 Å². The van der Waals surface area contributed by atoms with Gasteiger partial charge in [0, 0.05) is 13.1 Å². The monoisotopic (exact) mass is 370 g/mol. The molecule has 0 aliphatic carbocycles.